The van der Waals surface area contributed by atoms with E-state index in [1.54, 1.807) is 0 Å². The highest BCUT2D eigenvalue weighted by Gasteiger charge is 2.26. The lowest BCUT2D eigenvalue weighted by atomic mass is 10.0. The zero-order chi connectivity index (χ0) is 17.4. The van der Waals surface area contributed by atoms with Crippen molar-refractivity contribution in [3.8, 4) is 0 Å². The molecule has 0 bridgehead atoms. The van der Waals surface area contributed by atoms with Gasteiger partial charge in [0.15, 0.2) is 0 Å². The summed E-state index contributed by atoms with van der Waals surface area (Å²) >= 11 is 0. The molecule has 1 amide bonds. The maximum absolute atomic E-state index is 12.6. The number of hydrogen-bond acceptors (Lipinski definition) is 4. The van der Waals surface area contributed by atoms with E-state index in [1.807, 2.05) is 42.3 Å². The number of nitrogens with one attached hydrogen (secondary N) is 1. The maximum Gasteiger partial charge on any atom is 0.239 e. The fourth-order valence-electron chi connectivity index (χ4n) is 2.88. The van der Waals surface area contributed by atoms with E-state index < -0.39 is 0 Å². The van der Waals surface area contributed by atoms with E-state index >= 15 is 0 Å². The van der Waals surface area contributed by atoms with Gasteiger partial charge in [-0.2, -0.15) is 0 Å². The maximum atomic E-state index is 12.6. The van der Waals surface area contributed by atoms with Crippen molar-refractivity contribution in [2.24, 2.45) is 11.1 Å². The molecular weight excluding hydrogens is 302 g/mol. The van der Waals surface area contributed by atoms with Crippen molar-refractivity contribution in [2.45, 2.75) is 45.8 Å². The molecule has 5 heteroatoms. The molecule has 1 atom stereocenters. The number of amides is 1. The molecule has 1 aliphatic heterocycles. The van der Waals surface area contributed by atoms with E-state index in [4.69, 9.17) is 4.84 Å². The smallest absolute Gasteiger partial charge is 0.239 e. The second-order valence-corrected chi connectivity index (χ2v) is 6.71. The Hall–Kier alpha value is -1.88. The van der Waals surface area contributed by atoms with Crippen LogP contribution in [0, 0.1) is 5.92 Å². The highest BCUT2D eigenvalue weighted by molar-refractivity contribution is 5.88. The Labute approximate surface area is 145 Å². The predicted octanol–water partition coefficient (Wildman–Crippen LogP) is 2.82. The molecule has 2 rings (SSSR count). The zero-order valence-corrected chi connectivity index (χ0v) is 15.0. The Kier molecular flexibility index (Phi) is 7.25. The fourth-order valence-corrected chi connectivity index (χ4v) is 2.88. The number of piperidine rings is 1. The summed E-state index contributed by atoms with van der Waals surface area (Å²) in [5.41, 5.74) is 2.15. The molecule has 1 saturated heterocycles. The molecule has 1 N–H and O–H groups in total. The number of carbonyl (C=O) groups excluding carboxylic acids is 1. The Morgan fingerprint density at radius 3 is 2.50 bits per heavy atom. The zero-order valence-electron chi connectivity index (χ0n) is 15.0. The van der Waals surface area contributed by atoms with Gasteiger partial charge in [-0.1, -0.05) is 49.3 Å². The molecule has 0 radical (unpaired) electrons. The molecule has 132 valence electrons. The van der Waals surface area contributed by atoms with Crippen molar-refractivity contribution in [1.29, 1.82) is 0 Å². The number of oxime groups is 1. The highest BCUT2D eigenvalue weighted by Crippen LogP contribution is 2.13. The van der Waals surface area contributed by atoms with Gasteiger partial charge in [0, 0.05) is 25.9 Å². The van der Waals surface area contributed by atoms with Crippen LogP contribution in [0.4, 0.5) is 0 Å². The van der Waals surface area contributed by atoms with Gasteiger partial charge in [0.1, 0.15) is 6.61 Å². The van der Waals surface area contributed by atoms with Crippen molar-refractivity contribution in [3.63, 3.8) is 0 Å². The number of likely N-dealkylation sites (tertiary alicyclic amines) is 1. The van der Waals surface area contributed by atoms with E-state index in [1.165, 1.54) is 0 Å². The summed E-state index contributed by atoms with van der Waals surface area (Å²) in [6, 6.07) is 9.93. The van der Waals surface area contributed by atoms with E-state index in [0.29, 0.717) is 12.5 Å². The topological polar surface area (TPSA) is 53.9 Å². The summed E-state index contributed by atoms with van der Waals surface area (Å²) < 4.78 is 0. The summed E-state index contributed by atoms with van der Waals surface area (Å²) in [7, 11) is 1.86. The van der Waals surface area contributed by atoms with Crippen molar-refractivity contribution in [3.05, 3.63) is 35.9 Å². The molecule has 1 aliphatic rings. The largest absolute Gasteiger partial charge is 0.391 e. The van der Waals surface area contributed by atoms with E-state index in [9.17, 15) is 4.79 Å². The molecule has 0 aliphatic carbocycles. The van der Waals surface area contributed by atoms with Crippen molar-refractivity contribution in [2.75, 3.05) is 20.1 Å². The SMILES string of the molecule is CNC(CC(C)C)C(=O)N1CCC(=NOCc2ccccc2)CC1. The summed E-state index contributed by atoms with van der Waals surface area (Å²) in [5, 5.41) is 7.40. The first-order valence-electron chi connectivity index (χ1n) is 8.77. The van der Waals surface area contributed by atoms with Gasteiger partial charge in [-0.3, -0.25) is 4.79 Å². The molecular formula is C19H29N3O2. The summed E-state index contributed by atoms with van der Waals surface area (Å²) in [6.45, 7) is 6.22. The molecule has 5 nitrogen and oxygen atoms in total. The van der Waals surface area contributed by atoms with Crippen LogP contribution < -0.4 is 5.32 Å². The highest BCUT2D eigenvalue weighted by atomic mass is 16.6. The number of rotatable bonds is 7. The van der Waals surface area contributed by atoms with Crippen LogP contribution in [0.2, 0.25) is 0 Å². The Balaban J connectivity index is 1.78. The average molecular weight is 331 g/mol. The van der Waals surface area contributed by atoms with Gasteiger partial charge >= 0.3 is 0 Å². The monoisotopic (exact) mass is 331 g/mol. The van der Waals surface area contributed by atoms with Gasteiger partial charge < -0.3 is 15.1 Å². The molecule has 1 aromatic carbocycles. The molecule has 0 saturated carbocycles. The number of carbonyl (C=O) groups is 1. The van der Waals surface area contributed by atoms with Crippen LogP contribution in [0.25, 0.3) is 0 Å². The minimum atomic E-state index is -0.0854. The average Bonchev–Trinajstić information content (AvgIpc) is 2.60. The van der Waals surface area contributed by atoms with Crippen LogP contribution in [0.3, 0.4) is 0 Å². The molecule has 24 heavy (non-hydrogen) atoms. The molecule has 1 heterocycles. The second kappa shape index (κ2) is 9.42. The quantitative estimate of drug-likeness (QED) is 0.782. The minimum Gasteiger partial charge on any atom is -0.391 e. The first-order valence-corrected chi connectivity index (χ1v) is 8.77. The van der Waals surface area contributed by atoms with E-state index in [2.05, 4.69) is 24.3 Å². The molecule has 1 aromatic rings. The van der Waals surface area contributed by atoms with Crippen LogP contribution in [0.1, 0.15) is 38.7 Å². The predicted molar refractivity (Wildman–Crippen MR) is 96.8 cm³/mol. The third kappa shape index (κ3) is 5.64. The van der Waals surface area contributed by atoms with Crippen LogP contribution >= 0.6 is 0 Å². The molecule has 1 fully saturated rings. The lowest BCUT2D eigenvalue weighted by molar-refractivity contribution is -0.133. The number of nitrogens with zero attached hydrogens (tertiary/aromatic N) is 2. The Morgan fingerprint density at radius 1 is 1.25 bits per heavy atom. The summed E-state index contributed by atoms with van der Waals surface area (Å²) in [6.07, 6.45) is 2.45. The van der Waals surface area contributed by atoms with E-state index in [0.717, 1.165) is 43.6 Å². The van der Waals surface area contributed by atoms with Gasteiger partial charge in [0.25, 0.3) is 0 Å². The van der Waals surface area contributed by atoms with Crippen LogP contribution in [-0.4, -0.2) is 42.7 Å². The molecule has 0 spiro atoms. The van der Waals surface area contributed by atoms with Gasteiger partial charge in [-0.25, -0.2) is 0 Å². The fraction of sp³-hybridized carbons (Fsp3) is 0.579. The van der Waals surface area contributed by atoms with Gasteiger partial charge in [0.2, 0.25) is 5.91 Å². The Morgan fingerprint density at radius 2 is 1.92 bits per heavy atom. The third-order valence-electron chi connectivity index (χ3n) is 4.27. The standard InChI is InChI=1S/C19H29N3O2/c1-15(2)13-18(20-3)19(23)22-11-9-17(10-12-22)21-24-14-16-7-5-4-6-8-16/h4-8,15,18,20H,9-14H2,1-3H3. The first-order chi connectivity index (χ1) is 11.6. The lowest BCUT2D eigenvalue weighted by Crippen LogP contribution is -2.48. The van der Waals surface area contributed by atoms with Gasteiger partial charge in [-0.15, -0.1) is 0 Å². The van der Waals surface area contributed by atoms with Crippen LogP contribution in [-0.2, 0) is 16.2 Å². The normalized spacial score (nSPS) is 16.2. The van der Waals surface area contributed by atoms with Crippen molar-refractivity contribution in [1.82, 2.24) is 10.2 Å². The number of likely N-dealkylation sites (N-methyl/N-ethyl adjacent to an activating group) is 1. The summed E-state index contributed by atoms with van der Waals surface area (Å²) in [5.74, 6) is 0.704. The minimum absolute atomic E-state index is 0.0854. The van der Waals surface area contributed by atoms with Crippen molar-refractivity contribution < 1.29 is 9.63 Å². The van der Waals surface area contributed by atoms with Crippen LogP contribution in [0.5, 0.6) is 0 Å². The third-order valence-corrected chi connectivity index (χ3v) is 4.27. The lowest BCUT2D eigenvalue weighted by Gasteiger charge is -2.31. The summed E-state index contributed by atoms with van der Waals surface area (Å²) in [4.78, 5) is 20.0. The first kappa shape index (κ1) is 18.5. The Bertz CT molecular complexity index is 533. The van der Waals surface area contributed by atoms with Gasteiger partial charge in [-0.05, 0) is 24.9 Å². The van der Waals surface area contributed by atoms with E-state index in [-0.39, 0.29) is 11.9 Å². The number of benzene rings is 1. The molecule has 0 aromatic heterocycles. The van der Waals surface area contributed by atoms with Crippen molar-refractivity contribution >= 4 is 11.6 Å². The number of hydrogen-bond donors (Lipinski definition) is 1. The molecule has 1 unspecified atom stereocenters. The second-order valence-electron chi connectivity index (χ2n) is 6.71. The van der Waals surface area contributed by atoms with Crippen LogP contribution in [0.15, 0.2) is 35.5 Å². The van der Waals surface area contributed by atoms with Gasteiger partial charge in [0.05, 0.1) is 11.8 Å².